The molecular formula is C18H28F. The van der Waals surface area contributed by atoms with Crippen molar-refractivity contribution in [1.29, 1.82) is 0 Å². The molecule has 0 saturated heterocycles. The fourth-order valence-corrected chi connectivity index (χ4v) is 2.42. The molecule has 1 rings (SSSR count). The molecule has 0 saturated carbocycles. The van der Waals surface area contributed by atoms with Gasteiger partial charge in [0.15, 0.2) is 0 Å². The summed E-state index contributed by atoms with van der Waals surface area (Å²) in [5.41, 5.74) is 1.73. The molecule has 19 heavy (non-hydrogen) atoms. The van der Waals surface area contributed by atoms with E-state index >= 15 is 0 Å². The van der Waals surface area contributed by atoms with Gasteiger partial charge in [0.2, 0.25) is 0 Å². The summed E-state index contributed by atoms with van der Waals surface area (Å²) < 4.78 is 14.3. The fraction of sp³-hybridized carbons (Fsp3) is 0.667. The van der Waals surface area contributed by atoms with E-state index in [4.69, 9.17) is 0 Å². The smallest absolute Gasteiger partial charge is 0.129 e. The van der Waals surface area contributed by atoms with Crippen LogP contribution in [0.2, 0.25) is 0 Å². The molecule has 1 heteroatoms. The first-order chi connectivity index (χ1) is 9.29. The van der Waals surface area contributed by atoms with Gasteiger partial charge in [0.05, 0.1) is 0 Å². The van der Waals surface area contributed by atoms with Crippen molar-refractivity contribution in [3.63, 3.8) is 0 Å². The molecule has 0 aliphatic rings. The minimum atomic E-state index is 0.0340. The Balaban J connectivity index is 2.44. The number of rotatable bonds is 10. The van der Waals surface area contributed by atoms with Gasteiger partial charge >= 0.3 is 0 Å². The number of hydrogen-bond acceptors (Lipinski definition) is 0. The second kappa shape index (κ2) is 10.00. The van der Waals surface area contributed by atoms with Gasteiger partial charge in [-0.05, 0) is 55.0 Å². The van der Waals surface area contributed by atoms with Crippen LogP contribution in [0.1, 0.15) is 76.3 Å². The topological polar surface area (TPSA) is 0 Å². The monoisotopic (exact) mass is 263 g/mol. The molecule has 107 valence electrons. The minimum Gasteiger partial charge on any atom is -0.206 e. The van der Waals surface area contributed by atoms with Crippen molar-refractivity contribution in [2.24, 2.45) is 0 Å². The molecule has 0 aliphatic heterocycles. The highest BCUT2D eigenvalue weighted by Gasteiger charge is 2.07. The standard InChI is InChI=1S/C18H28F/c1-3-5-7-9-12-16-14-11-15-17(18(16)19)13-10-8-6-4-2/h14-15H,3-10,12-13H2,1-2H3. The number of aryl methyl sites for hydroxylation is 2. The molecule has 0 nitrogen and oxygen atoms in total. The van der Waals surface area contributed by atoms with E-state index in [0.29, 0.717) is 0 Å². The fourth-order valence-electron chi connectivity index (χ4n) is 2.42. The summed E-state index contributed by atoms with van der Waals surface area (Å²) >= 11 is 0. The lowest BCUT2D eigenvalue weighted by molar-refractivity contribution is 0.570. The maximum absolute atomic E-state index is 14.3. The molecule has 0 fully saturated rings. The highest BCUT2D eigenvalue weighted by Crippen LogP contribution is 2.18. The van der Waals surface area contributed by atoms with Gasteiger partial charge in [-0.2, -0.15) is 0 Å². The van der Waals surface area contributed by atoms with E-state index in [1.807, 2.05) is 12.1 Å². The zero-order chi connectivity index (χ0) is 13.9. The first-order valence-corrected chi connectivity index (χ1v) is 7.97. The van der Waals surface area contributed by atoms with Gasteiger partial charge in [-0.15, -0.1) is 0 Å². The molecule has 0 atom stereocenters. The molecule has 0 aliphatic carbocycles. The second-order valence-electron chi connectivity index (χ2n) is 5.44. The first kappa shape index (κ1) is 16.2. The summed E-state index contributed by atoms with van der Waals surface area (Å²) in [6, 6.07) is 6.77. The van der Waals surface area contributed by atoms with Crippen LogP contribution in [0.15, 0.2) is 12.1 Å². The largest absolute Gasteiger partial charge is 0.206 e. The van der Waals surface area contributed by atoms with Gasteiger partial charge in [-0.3, -0.25) is 0 Å². The third-order valence-corrected chi connectivity index (χ3v) is 3.68. The molecular weight excluding hydrogens is 235 g/mol. The van der Waals surface area contributed by atoms with Crippen LogP contribution in [-0.4, -0.2) is 0 Å². The van der Waals surface area contributed by atoms with Crippen LogP contribution in [0.5, 0.6) is 0 Å². The highest BCUT2D eigenvalue weighted by atomic mass is 19.1. The molecule has 1 radical (unpaired) electrons. The van der Waals surface area contributed by atoms with Crippen LogP contribution in [0, 0.1) is 11.9 Å². The Morgan fingerprint density at radius 3 is 1.68 bits per heavy atom. The van der Waals surface area contributed by atoms with Crippen molar-refractivity contribution >= 4 is 0 Å². The van der Waals surface area contributed by atoms with Gasteiger partial charge < -0.3 is 0 Å². The van der Waals surface area contributed by atoms with Crippen molar-refractivity contribution in [3.05, 3.63) is 35.1 Å². The highest BCUT2D eigenvalue weighted by molar-refractivity contribution is 5.25. The summed E-state index contributed by atoms with van der Waals surface area (Å²) in [7, 11) is 0. The molecule has 0 bridgehead atoms. The van der Waals surface area contributed by atoms with Crippen LogP contribution in [0.3, 0.4) is 0 Å². The van der Waals surface area contributed by atoms with Crippen LogP contribution in [0.4, 0.5) is 4.39 Å². The Bertz CT molecular complexity index is 313. The minimum absolute atomic E-state index is 0.0340. The maximum atomic E-state index is 14.3. The normalized spacial score (nSPS) is 10.9. The maximum Gasteiger partial charge on any atom is 0.129 e. The summed E-state index contributed by atoms with van der Waals surface area (Å²) in [4.78, 5) is 0. The van der Waals surface area contributed by atoms with Gasteiger partial charge in [-0.1, -0.05) is 52.4 Å². The van der Waals surface area contributed by atoms with E-state index in [0.717, 1.165) is 36.8 Å². The number of hydrogen-bond donors (Lipinski definition) is 0. The zero-order valence-corrected chi connectivity index (χ0v) is 12.6. The zero-order valence-electron chi connectivity index (χ0n) is 12.6. The Morgan fingerprint density at radius 2 is 1.26 bits per heavy atom. The van der Waals surface area contributed by atoms with Crippen LogP contribution in [0.25, 0.3) is 0 Å². The Hall–Kier alpha value is -0.850. The van der Waals surface area contributed by atoms with E-state index in [1.54, 1.807) is 0 Å². The Morgan fingerprint density at radius 1 is 0.789 bits per heavy atom. The first-order valence-electron chi connectivity index (χ1n) is 7.97. The molecule has 0 heterocycles. The Kier molecular flexibility index (Phi) is 8.53. The quantitative estimate of drug-likeness (QED) is 0.463. The van der Waals surface area contributed by atoms with Gasteiger partial charge in [0.1, 0.15) is 5.82 Å². The molecule has 1 aromatic carbocycles. The van der Waals surface area contributed by atoms with Crippen molar-refractivity contribution in [3.8, 4) is 0 Å². The van der Waals surface area contributed by atoms with Gasteiger partial charge in [0, 0.05) is 0 Å². The van der Waals surface area contributed by atoms with Crippen molar-refractivity contribution in [2.75, 3.05) is 0 Å². The molecule has 0 spiro atoms. The molecule has 0 unspecified atom stereocenters. The SMILES string of the molecule is CCCCCCc1c[c]cc(CCCCCC)c1F. The van der Waals surface area contributed by atoms with E-state index in [2.05, 4.69) is 19.9 Å². The van der Waals surface area contributed by atoms with E-state index in [1.165, 1.54) is 38.5 Å². The predicted octanol–water partition coefficient (Wildman–Crippen LogP) is 5.87. The third-order valence-electron chi connectivity index (χ3n) is 3.68. The van der Waals surface area contributed by atoms with Crippen molar-refractivity contribution in [1.82, 2.24) is 0 Å². The molecule has 1 aromatic rings. The van der Waals surface area contributed by atoms with E-state index in [9.17, 15) is 4.39 Å². The average molecular weight is 263 g/mol. The van der Waals surface area contributed by atoms with Gasteiger partial charge in [0.25, 0.3) is 0 Å². The molecule has 0 amide bonds. The molecule has 0 aromatic heterocycles. The summed E-state index contributed by atoms with van der Waals surface area (Å²) in [5, 5.41) is 0. The lowest BCUT2D eigenvalue weighted by Crippen LogP contribution is -1.98. The summed E-state index contributed by atoms with van der Waals surface area (Å²) in [6.45, 7) is 4.40. The predicted molar refractivity (Wildman–Crippen MR) is 80.9 cm³/mol. The number of halogens is 1. The third kappa shape index (κ3) is 6.22. The van der Waals surface area contributed by atoms with Gasteiger partial charge in [-0.25, -0.2) is 4.39 Å². The molecule has 0 N–H and O–H groups in total. The summed E-state index contributed by atoms with van der Waals surface area (Å²) in [5.74, 6) is 0.0340. The number of benzene rings is 1. The summed E-state index contributed by atoms with van der Waals surface area (Å²) in [6.07, 6.45) is 11.3. The second-order valence-corrected chi connectivity index (χ2v) is 5.44. The van der Waals surface area contributed by atoms with Crippen molar-refractivity contribution in [2.45, 2.75) is 78.1 Å². The average Bonchev–Trinajstić information content (AvgIpc) is 2.43. The lowest BCUT2D eigenvalue weighted by atomic mass is 9.99. The van der Waals surface area contributed by atoms with E-state index in [-0.39, 0.29) is 5.82 Å². The van der Waals surface area contributed by atoms with E-state index < -0.39 is 0 Å². The van der Waals surface area contributed by atoms with Crippen LogP contribution < -0.4 is 0 Å². The Labute approximate surface area is 118 Å². The number of unbranched alkanes of at least 4 members (excludes halogenated alkanes) is 6. The van der Waals surface area contributed by atoms with Crippen molar-refractivity contribution < 1.29 is 4.39 Å². The van der Waals surface area contributed by atoms with Crippen LogP contribution in [-0.2, 0) is 12.8 Å². The van der Waals surface area contributed by atoms with Crippen LogP contribution >= 0.6 is 0 Å². The lowest BCUT2D eigenvalue weighted by Gasteiger charge is -2.08.